The summed E-state index contributed by atoms with van der Waals surface area (Å²) in [6, 6.07) is 11.1. The number of rotatable bonds is 7. The zero-order valence-electron chi connectivity index (χ0n) is 12.4. The minimum absolute atomic E-state index is 0.526. The third-order valence-corrected chi connectivity index (χ3v) is 4.50. The number of hydrogen-bond donors (Lipinski definition) is 1. The van der Waals surface area contributed by atoms with Crippen molar-refractivity contribution in [3.05, 3.63) is 52.8 Å². The van der Waals surface area contributed by atoms with Gasteiger partial charge in [0.15, 0.2) is 0 Å². The van der Waals surface area contributed by atoms with Gasteiger partial charge < -0.3 is 5.32 Å². The molecule has 3 rings (SSSR count). The van der Waals surface area contributed by atoms with Gasteiger partial charge in [0.05, 0.1) is 0 Å². The summed E-state index contributed by atoms with van der Waals surface area (Å²) in [5.74, 6) is 0.526. The van der Waals surface area contributed by atoms with E-state index in [0.717, 1.165) is 30.5 Å². The molecule has 0 aliphatic heterocycles. The lowest BCUT2D eigenvalue weighted by Crippen LogP contribution is -2.24. The van der Waals surface area contributed by atoms with Crippen LogP contribution in [-0.4, -0.2) is 22.4 Å². The van der Waals surface area contributed by atoms with E-state index in [1.165, 1.54) is 24.1 Å². The normalized spacial score (nSPS) is 16.1. The van der Waals surface area contributed by atoms with Gasteiger partial charge in [-0.15, -0.1) is 0 Å². The Morgan fingerprint density at radius 2 is 2.05 bits per heavy atom. The third kappa shape index (κ3) is 4.08. The minimum atomic E-state index is 0.526. The molecule has 0 saturated heterocycles. The summed E-state index contributed by atoms with van der Waals surface area (Å²) in [5, 5.41) is 8.71. The van der Waals surface area contributed by atoms with Gasteiger partial charge in [-0.1, -0.05) is 23.7 Å². The molecule has 0 bridgehead atoms. The van der Waals surface area contributed by atoms with Crippen LogP contribution in [-0.2, 0) is 13.5 Å². The van der Waals surface area contributed by atoms with E-state index < -0.39 is 0 Å². The average molecular weight is 304 g/mol. The van der Waals surface area contributed by atoms with Crippen LogP contribution in [0.4, 0.5) is 0 Å². The molecular formula is C17H22ClN3. The lowest BCUT2D eigenvalue weighted by molar-refractivity contribution is 0.538. The highest BCUT2D eigenvalue weighted by Crippen LogP contribution is 2.25. The van der Waals surface area contributed by atoms with Gasteiger partial charge in [0.25, 0.3) is 0 Å². The van der Waals surface area contributed by atoms with Crippen molar-refractivity contribution in [2.24, 2.45) is 7.05 Å². The molecule has 1 aliphatic rings. The predicted octanol–water partition coefficient (Wildman–Crippen LogP) is 3.54. The SMILES string of the molecule is Cn1nccc1CCC(CNC1CC1)c1ccc(Cl)cc1. The summed E-state index contributed by atoms with van der Waals surface area (Å²) in [7, 11) is 2.01. The summed E-state index contributed by atoms with van der Waals surface area (Å²) in [6.07, 6.45) is 6.70. The van der Waals surface area contributed by atoms with Crippen LogP contribution in [0, 0.1) is 0 Å². The molecule has 1 heterocycles. The molecule has 1 aliphatic carbocycles. The van der Waals surface area contributed by atoms with Crippen LogP contribution in [0.1, 0.15) is 36.4 Å². The van der Waals surface area contributed by atoms with Gasteiger partial charge >= 0.3 is 0 Å². The number of benzene rings is 1. The van der Waals surface area contributed by atoms with E-state index in [1.54, 1.807) is 0 Å². The number of hydrogen-bond acceptors (Lipinski definition) is 2. The quantitative estimate of drug-likeness (QED) is 0.848. The van der Waals surface area contributed by atoms with E-state index >= 15 is 0 Å². The largest absolute Gasteiger partial charge is 0.313 e. The van der Waals surface area contributed by atoms with E-state index in [2.05, 4.69) is 28.6 Å². The highest BCUT2D eigenvalue weighted by molar-refractivity contribution is 6.30. The maximum absolute atomic E-state index is 6.01. The molecule has 21 heavy (non-hydrogen) atoms. The molecule has 112 valence electrons. The maximum Gasteiger partial charge on any atom is 0.0492 e. The van der Waals surface area contributed by atoms with Gasteiger partial charge in [-0.2, -0.15) is 5.10 Å². The first kappa shape index (κ1) is 14.6. The Kier molecular flexibility index (Phi) is 4.61. The van der Waals surface area contributed by atoms with Gasteiger partial charge in [-0.05, 0) is 55.4 Å². The Hall–Kier alpha value is -1.32. The van der Waals surface area contributed by atoms with Crippen molar-refractivity contribution < 1.29 is 0 Å². The molecule has 1 saturated carbocycles. The van der Waals surface area contributed by atoms with Crippen molar-refractivity contribution >= 4 is 11.6 Å². The van der Waals surface area contributed by atoms with Gasteiger partial charge in [0.1, 0.15) is 0 Å². The standard InChI is InChI=1S/C17H22ClN3/c1-21-17(10-11-20-21)9-4-14(12-19-16-7-8-16)13-2-5-15(18)6-3-13/h2-3,5-6,10-11,14,16,19H,4,7-9,12H2,1H3. The van der Waals surface area contributed by atoms with E-state index in [0.29, 0.717) is 5.92 Å². The van der Waals surface area contributed by atoms with Gasteiger partial charge in [-0.25, -0.2) is 0 Å². The van der Waals surface area contributed by atoms with Crippen molar-refractivity contribution in [2.75, 3.05) is 6.54 Å². The molecule has 1 aromatic carbocycles. The lowest BCUT2D eigenvalue weighted by atomic mass is 9.93. The third-order valence-electron chi connectivity index (χ3n) is 4.24. The molecule has 0 spiro atoms. The molecule has 4 heteroatoms. The molecule has 0 radical (unpaired) electrons. The summed E-state index contributed by atoms with van der Waals surface area (Å²) in [4.78, 5) is 0. The molecule has 1 unspecified atom stereocenters. The number of nitrogens with zero attached hydrogens (tertiary/aromatic N) is 2. The molecule has 0 amide bonds. The number of aromatic nitrogens is 2. The Morgan fingerprint density at radius 3 is 2.67 bits per heavy atom. The van der Waals surface area contributed by atoms with Crippen LogP contribution in [0.5, 0.6) is 0 Å². The summed E-state index contributed by atoms with van der Waals surface area (Å²) in [5.41, 5.74) is 2.66. The molecule has 1 aromatic heterocycles. The van der Waals surface area contributed by atoms with Crippen LogP contribution in [0.2, 0.25) is 5.02 Å². The number of nitrogens with one attached hydrogen (secondary N) is 1. The van der Waals surface area contributed by atoms with Gasteiger partial charge in [0.2, 0.25) is 0 Å². The highest BCUT2D eigenvalue weighted by atomic mass is 35.5. The van der Waals surface area contributed by atoms with Crippen molar-refractivity contribution in [3.8, 4) is 0 Å². The first-order valence-corrected chi connectivity index (χ1v) is 8.06. The van der Waals surface area contributed by atoms with Crippen molar-refractivity contribution in [1.82, 2.24) is 15.1 Å². The molecule has 3 nitrogen and oxygen atoms in total. The molecule has 1 N–H and O–H groups in total. The number of aryl methyl sites for hydroxylation is 2. The zero-order valence-corrected chi connectivity index (χ0v) is 13.2. The van der Waals surface area contributed by atoms with E-state index in [-0.39, 0.29) is 0 Å². The fourth-order valence-electron chi connectivity index (χ4n) is 2.69. The van der Waals surface area contributed by atoms with Crippen LogP contribution >= 0.6 is 11.6 Å². The average Bonchev–Trinajstić information content (AvgIpc) is 3.22. The van der Waals surface area contributed by atoms with Crippen LogP contribution in [0.15, 0.2) is 36.5 Å². The Labute approximate surface area is 131 Å². The van der Waals surface area contributed by atoms with E-state index in [1.807, 2.05) is 30.1 Å². The predicted molar refractivity (Wildman–Crippen MR) is 86.7 cm³/mol. The van der Waals surface area contributed by atoms with Crippen LogP contribution in [0.25, 0.3) is 0 Å². The second-order valence-corrected chi connectivity index (χ2v) is 6.35. The molecule has 1 fully saturated rings. The van der Waals surface area contributed by atoms with Gasteiger partial charge in [0, 0.05) is 36.5 Å². The minimum Gasteiger partial charge on any atom is -0.313 e. The van der Waals surface area contributed by atoms with E-state index in [9.17, 15) is 0 Å². The summed E-state index contributed by atoms with van der Waals surface area (Å²) >= 11 is 6.01. The summed E-state index contributed by atoms with van der Waals surface area (Å²) in [6.45, 7) is 1.05. The fraction of sp³-hybridized carbons (Fsp3) is 0.471. The second-order valence-electron chi connectivity index (χ2n) is 5.92. The first-order valence-electron chi connectivity index (χ1n) is 7.68. The lowest BCUT2D eigenvalue weighted by Gasteiger charge is -2.18. The topological polar surface area (TPSA) is 29.9 Å². The molecule has 2 aromatic rings. The van der Waals surface area contributed by atoms with Crippen LogP contribution < -0.4 is 5.32 Å². The van der Waals surface area contributed by atoms with Crippen molar-refractivity contribution in [3.63, 3.8) is 0 Å². The maximum atomic E-state index is 6.01. The molecular weight excluding hydrogens is 282 g/mol. The number of halogens is 1. The fourth-order valence-corrected chi connectivity index (χ4v) is 2.81. The smallest absolute Gasteiger partial charge is 0.0492 e. The Bertz CT molecular complexity index is 572. The zero-order chi connectivity index (χ0) is 14.7. The van der Waals surface area contributed by atoms with E-state index in [4.69, 9.17) is 11.6 Å². The molecule has 1 atom stereocenters. The Balaban J connectivity index is 1.65. The van der Waals surface area contributed by atoms with Crippen molar-refractivity contribution in [1.29, 1.82) is 0 Å². The summed E-state index contributed by atoms with van der Waals surface area (Å²) < 4.78 is 1.97. The first-order chi connectivity index (χ1) is 10.2. The van der Waals surface area contributed by atoms with Gasteiger partial charge in [-0.3, -0.25) is 4.68 Å². The highest BCUT2D eigenvalue weighted by Gasteiger charge is 2.22. The van der Waals surface area contributed by atoms with Crippen LogP contribution in [0.3, 0.4) is 0 Å². The Morgan fingerprint density at radius 1 is 1.29 bits per heavy atom. The second kappa shape index (κ2) is 6.63. The monoisotopic (exact) mass is 303 g/mol. The van der Waals surface area contributed by atoms with Crippen molar-refractivity contribution in [2.45, 2.75) is 37.6 Å².